The first-order valence-electron chi connectivity index (χ1n) is 6.03. The van der Waals surface area contributed by atoms with E-state index in [0.717, 1.165) is 6.42 Å². The van der Waals surface area contributed by atoms with E-state index in [1.165, 1.54) is 22.3 Å². The van der Waals surface area contributed by atoms with Crippen LogP contribution in [-0.2, 0) is 6.42 Å². The lowest BCUT2D eigenvalue weighted by molar-refractivity contribution is 1.25. The van der Waals surface area contributed by atoms with Crippen LogP contribution in [-0.4, -0.2) is 0 Å². The number of hydrogen-bond donors (Lipinski definition) is 0. The van der Waals surface area contributed by atoms with Crippen molar-refractivity contribution < 1.29 is 0 Å². The monoisotopic (exact) mass is 222 g/mol. The van der Waals surface area contributed by atoms with Crippen molar-refractivity contribution in [2.45, 2.75) is 20.3 Å². The number of hydrogen-bond acceptors (Lipinski definition) is 0. The van der Waals surface area contributed by atoms with Gasteiger partial charge < -0.3 is 0 Å². The number of rotatable bonds is 3. The summed E-state index contributed by atoms with van der Waals surface area (Å²) in [5, 5.41) is 0. The predicted octanol–water partition coefficient (Wildman–Crippen LogP) is 4.64. The van der Waals surface area contributed by atoms with Crippen LogP contribution >= 0.6 is 0 Å². The Labute approximate surface area is 104 Å². The SMILES string of the molecule is CC(=CCc1ccc(C)cc1)c1ccccc1. The lowest BCUT2D eigenvalue weighted by Crippen LogP contribution is -1.84. The Morgan fingerprint density at radius 2 is 1.59 bits per heavy atom. The van der Waals surface area contributed by atoms with E-state index in [-0.39, 0.29) is 0 Å². The summed E-state index contributed by atoms with van der Waals surface area (Å²) >= 11 is 0. The van der Waals surface area contributed by atoms with E-state index >= 15 is 0 Å². The fourth-order valence-electron chi connectivity index (χ4n) is 1.81. The molecule has 0 aliphatic heterocycles. The molecule has 2 rings (SSSR count). The molecule has 0 radical (unpaired) electrons. The molecule has 0 heteroatoms. The Morgan fingerprint density at radius 1 is 0.941 bits per heavy atom. The molecule has 0 atom stereocenters. The minimum Gasteiger partial charge on any atom is -0.0766 e. The number of allylic oxidation sites excluding steroid dienone is 2. The molecule has 17 heavy (non-hydrogen) atoms. The van der Waals surface area contributed by atoms with Gasteiger partial charge >= 0.3 is 0 Å². The standard InChI is InChI=1S/C17H18/c1-14-8-11-16(12-9-14)13-10-15(2)17-6-4-3-5-7-17/h3-12H,13H2,1-2H3. The summed E-state index contributed by atoms with van der Waals surface area (Å²) in [6.45, 7) is 4.29. The van der Waals surface area contributed by atoms with Crippen molar-refractivity contribution in [3.8, 4) is 0 Å². The molecule has 0 saturated heterocycles. The van der Waals surface area contributed by atoms with E-state index in [9.17, 15) is 0 Å². The number of aryl methyl sites for hydroxylation is 1. The fourth-order valence-corrected chi connectivity index (χ4v) is 1.81. The normalized spacial score (nSPS) is 11.5. The first-order chi connectivity index (χ1) is 8.25. The van der Waals surface area contributed by atoms with Crippen LogP contribution in [0.1, 0.15) is 23.6 Å². The Balaban J connectivity index is 2.08. The molecule has 0 aromatic heterocycles. The fraction of sp³-hybridized carbons (Fsp3) is 0.176. The first-order valence-corrected chi connectivity index (χ1v) is 6.03. The van der Waals surface area contributed by atoms with E-state index in [2.05, 4.69) is 74.5 Å². The molecule has 0 bridgehead atoms. The summed E-state index contributed by atoms with van der Waals surface area (Å²) in [6.07, 6.45) is 3.29. The molecule has 0 saturated carbocycles. The highest BCUT2D eigenvalue weighted by Gasteiger charge is 1.94. The van der Waals surface area contributed by atoms with Crippen LogP contribution in [0.4, 0.5) is 0 Å². The van der Waals surface area contributed by atoms with Crippen molar-refractivity contribution in [3.63, 3.8) is 0 Å². The Hall–Kier alpha value is -1.82. The molecule has 2 aromatic rings. The summed E-state index contributed by atoms with van der Waals surface area (Å²) in [5.41, 5.74) is 5.33. The zero-order chi connectivity index (χ0) is 12.1. The van der Waals surface area contributed by atoms with Gasteiger partial charge in [-0.05, 0) is 37.0 Å². The van der Waals surface area contributed by atoms with Crippen LogP contribution in [0.3, 0.4) is 0 Å². The maximum atomic E-state index is 2.29. The molecule has 0 heterocycles. The Kier molecular flexibility index (Phi) is 3.77. The minimum atomic E-state index is 1.00. The van der Waals surface area contributed by atoms with Gasteiger partial charge in [0.15, 0.2) is 0 Å². The van der Waals surface area contributed by atoms with E-state index in [1.807, 2.05) is 0 Å². The van der Waals surface area contributed by atoms with Crippen molar-refractivity contribution in [2.75, 3.05) is 0 Å². The highest BCUT2D eigenvalue weighted by molar-refractivity contribution is 5.63. The maximum Gasteiger partial charge on any atom is -0.00915 e. The van der Waals surface area contributed by atoms with Gasteiger partial charge in [-0.15, -0.1) is 0 Å². The highest BCUT2D eigenvalue weighted by Crippen LogP contribution is 2.14. The van der Waals surface area contributed by atoms with Crippen molar-refractivity contribution >= 4 is 5.57 Å². The third-order valence-corrected chi connectivity index (χ3v) is 2.99. The van der Waals surface area contributed by atoms with Crippen molar-refractivity contribution in [1.82, 2.24) is 0 Å². The van der Waals surface area contributed by atoms with Crippen LogP contribution in [0, 0.1) is 6.92 Å². The second kappa shape index (κ2) is 5.49. The van der Waals surface area contributed by atoms with Gasteiger partial charge in [-0.1, -0.05) is 66.2 Å². The average molecular weight is 222 g/mol. The summed E-state index contributed by atoms with van der Waals surface area (Å²) in [7, 11) is 0. The number of benzene rings is 2. The van der Waals surface area contributed by atoms with Crippen LogP contribution in [0.15, 0.2) is 60.7 Å². The van der Waals surface area contributed by atoms with E-state index in [0.29, 0.717) is 0 Å². The van der Waals surface area contributed by atoms with E-state index in [4.69, 9.17) is 0 Å². The first kappa shape index (κ1) is 11.7. The summed E-state index contributed by atoms with van der Waals surface area (Å²) in [6, 6.07) is 19.3. The third kappa shape index (κ3) is 3.32. The quantitative estimate of drug-likeness (QED) is 0.709. The Morgan fingerprint density at radius 3 is 2.24 bits per heavy atom. The van der Waals surface area contributed by atoms with E-state index < -0.39 is 0 Å². The summed E-state index contributed by atoms with van der Waals surface area (Å²) in [4.78, 5) is 0. The molecule has 0 nitrogen and oxygen atoms in total. The van der Waals surface area contributed by atoms with Crippen molar-refractivity contribution in [2.24, 2.45) is 0 Å². The molecule has 86 valence electrons. The lowest BCUT2D eigenvalue weighted by Gasteiger charge is -2.02. The smallest absolute Gasteiger partial charge is 0.00915 e. The second-order valence-electron chi connectivity index (χ2n) is 4.44. The molecule has 2 aromatic carbocycles. The van der Waals surface area contributed by atoms with Crippen LogP contribution in [0.2, 0.25) is 0 Å². The molecule has 0 spiro atoms. The molecule has 0 amide bonds. The third-order valence-electron chi connectivity index (χ3n) is 2.99. The van der Waals surface area contributed by atoms with Crippen molar-refractivity contribution in [3.05, 3.63) is 77.4 Å². The van der Waals surface area contributed by atoms with Gasteiger partial charge in [-0.25, -0.2) is 0 Å². The molecular weight excluding hydrogens is 204 g/mol. The van der Waals surface area contributed by atoms with Gasteiger partial charge in [0.05, 0.1) is 0 Å². The highest BCUT2D eigenvalue weighted by atomic mass is 14.0. The average Bonchev–Trinajstić information content (AvgIpc) is 2.39. The largest absolute Gasteiger partial charge is 0.0766 e. The predicted molar refractivity (Wildman–Crippen MR) is 75.0 cm³/mol. The zero-order valence-electron chi connectivity index (χ0n) is 10.5. The zero-order valence-corrected chi connectivity index (χ0v) is 10.5. The van der Waals surface area contributed by atoms with Gasteiger partial charge in [0.2, 0.25) is 0 Å². The summed E-state index contributed by atoms with van der Waals surface area (Å²) in [5.74, 6) is 0. The van der Waals surface area contributed by atoms with Crippen LogP contribution in [0.25, 0.3) is 5.57 Å². The second-order valence-corrected chi connectivity index (χ2v) is 4.44. The van der Waals surface area contributed by atoms with Crippen LogP contribution in [0.5, 0.6) is 0 Å². The Bertz CT molecular complexity index is 489. The summed E-state index contributed by atoms with van der Waals surface area (Å²) < 4.78 is 0. The van der Waals surface area contributed by atoms with Crippen LogP contribution < -0.4 is 0 Å². The van der Waals surface area contributed by atoms with Gasteiger partial charge in [-0.2, -0.15) is 0 Å². The van der Waals surface area contributed by atoms with Gasteiger partial charge in [0, 0.05) is 0 Å². The van der Waals surface area contributed by atoms with Gasteiger partial charge in [0.1, 0.15) is 0 Å². The molecule has 0 N–H and O–H groups in total. The lowest BCUT2D eigenvalue weighted by atomic mass is 10.0. The molecular formula is C17H18. The van der Waals surface area contributed by atoms with E-state index in [1.54, 1.807) is 0 Å². The maximum absolute atomic E-state index is 2.29. The topological polar surface area (TPSA) is 0 Å². The molecule has 0 fully saturated rings. The molecule has 0 aliphatic rings. The van der Waals surface area contributed by atoms with Gasteiger partial charge in [0.25, 0.3) is 0 Å². The minimum absolute atomic E-state index is 1.00. The van der Waals surface area contributed by atoms with Gasteiger partial charge in [-0.3, -0.25) is 0 Å². The molecule has 0 unspecified atom stereocenters. The van der Waals surface area contributed by atoms with Crippen molar-refractivity contribution in [1.29, 1.82) is 0 Å². The molecule has 0 aliphatic carbocycles.